The van der Waals surface area contributed by atoms with Crippen molar-refractivity contribution in [2.75, 3.05) is 46.0 Å². The SMILES string of the molecule is NC[C@@H]1[C@H](O)CCN1c1nc(Nc2ccc(S(=O)(=O)Nc3ccc4cn[nH]c4c3)cc2)nc(N2C[C@H](N)C[C@H](N)C2)n1. The van der Waals surface area contributed by atoms with Crippen LogP contribution < -0.4 is 37.0 Å². The molecule has 2 aromatic carbocycles. The predicted octanol–water partition coefficient (Wildman–Crippen LogP) is 0.0553. The van der Waals surface area contributed by atoms with Crippen LogP contribution in [0.15, 0.2) is 53.6 Å². The zero-order valence-corrected chi connectivity index (χ0v) is 23.6. The molecule has 15 nitrogen and oxygen atoms in total. The minimum atomic E-state index is -3.84. The number of aromatic nitrogens is 5. The molecule has 2 aliphatic rings. The third kappa shape index (κ3) is 5.79. The number of benzene rings is 2. The van der Waals surface area contributed by atoms with Gasteiger partial charge in [0.05, 0.1) is 34.4 Å². The zero-order valence-electron chi connectivity index (χ0n) is 22.8. The van der Waals surface area contributed by atoms with Crippen molar-refractivity contribution in [3.63, 3.8) is 0 Å². The van der Waals surface area contributed by atoms with Crippen molar-refractivity contribution in [2.45, 2.75) is 42.0 Å². The van der Waals surface area contributed by atoms with Gasteiger partial charge in [0.25, 0.3) is 10.0 Å². The number of anilines is 5. The molecule has 2 aromatic heterocycles. The largest absolute Gasteiger partial charge is 0.391 e. The molecule has 0 amide bonds. The van der Waals surface area contributed by atoms with E-state index in [0.29, 0.717) is 55.7 Å². The molecule has 4 atom stereocenters. The van der Waals surface area contributed by atoms with Gasteiger partial charge in [-0.3, -0.25) is 9.82 Å². The van der Waals surface area contributed by atoms with Crippen molar-refractivity contribution in [2.24, 2.45) is 17.2 Å². The van der Waals surface area contributed by atoms with Gasteiger partial charge in [0.2, 0.25) is 17.8 Å². The molecule has 2 saturated heterocycles. The average Bonchev–Trinajstić information content (AvgIpc) is 3.58. The fourth-order valence-electron chi connectivity index (χ4n) is 5.45. The summed E-state index contributed by atoms with van der Waals surface area (Å²) in [7, 11) is -3.84. The Morgan fingerprint density at radius 2 is 1.71 bits per heavy atom. The Kier molecular flexibility index (Phi) is 7.54. The van der Waals surface area contributed by atoms with Crippen molar-refractivity contribution in [1.82, 2.24) is 25.1 Å². The number of sulfonamides is 1. The van der Waals surface area contributed by atoms with E-state index in [1.165, 1.54) is 12.1 Å². The lowest BCUT2D eigenvalue weighted by Gasteiger charge is -2.35. The van der Waals surface area contributed by atoms with Crippen molar-refractivity contribution >= 4 is 50.1 Å². The summed E-state index contributed by atoms with van der Waals surface area (Å²) in [5, 5.41) is 21.3. The summed E-state index contributed by atoms with van der Waals surface area (Å²) in [6, 6.07) is 10.8. The van der Waals surface area contributed by atoms with Gasteiger partial charge in [0, 0.05) is 49.3 Å². The molecule has 42 heavy (non-hydrogen) atoms. The highest BCUT2D eigenvalue weighted by Gasteiger charge is 2.35. The zero-order chi connectivity index (χ0) is 29.4. The smallest absolute Gasteiger partial charge is 0.261 e. The maximum Gasteiger partial charge on any atom is 0.261 e. The first kappa shape index (κ1) is 28.0. The molecule has 0 aliphatic carbocycles. The van der Waals surface area contributed by atoms with Crippen LogP contribution >= 0.6 is 0 Å². The van der Waals surface area contributed by atoms with E-state index >= 15 is 0 Å². The summed E-state index contributed by atoms with van der Waals surface area (Å²) in [6.45, 7) is 1.85. The van der Waals surface area contributed by atoms with E-state index in [1.807, 2.05) is 9.80 Å². The van der Waals surface area contributed by atoms with Crippen LogP contribution in [-0.2, 0) is 10.0 Å². The van der Waals surface area contributed by atoms with E-state index in [2.05, 4.69) is 30.2 Å². The maximum atomic E-state index is 13.0. The number of hydrogen-bond acceptors (Lipinski definition) is 13. The van der Waals surface area contributed by atoms with Crippen LogP contribution in [0.2, 0.25) is 0 Å². The van der Waals surface area contributed by atoms with Gasteiger partial charge in [0.15, 0.2) is 0 Å². The molecule has 0 unspecified atom stereocenters. The van der Waals surface area contributed by atoms with Gasteiger partial charge < -0.3 is 37.4 Å². The fraction of sp³-hybridized carbons (Fsp3) is 0.385. The summed E-state index contributed by atoms with van der Waals surface area (Å²) >= 11 is 0. The number of aliphatic hydroxyl groups excluding tert-OH is 1. The van der Waals surface area contributed by atoms with E-state index in [4.69, 9.17) is 22.2 Å². The second-order valence-electron chi connectivity index (χ2n) is 10.7. The van der Waals surface area contributed by atoms with E-state index in [0.717, 1.165) is 10.9 Å². The lowest BCUT2D eigenvalue weighted by Crippen LogP contribution is -2.53. The van der Waals surface area contributed by atoms with Crippen molar-refractivity contribution in [1.29, 1.82) is 0 Å². The van der Waals surface area contributed by atoms with Gasteiger partial charge >= 0.3 is 0 Å². The third-order valence-electron chi connectivity index (χ3n) is 7.53. The Morgan fingerprint density at radius 3 is 2.45 bits per heavy atom. The molecule has 10 N–H and O–H groups in total. The molecule has 2 fully saturated rings. The Balaban J connectivity index is 1.25. The molecule has 0 saturated carbocycles. The highest BCUT2D eigenvalue weighted by atomic mass is 32.2. The van der Waals surface area contributed by atoms with Crippen LogP contribution in [0, 0.1) is 0 Å². The number of piperidine rings is 1. The van der Waals surface area contributed by atoms with Crippen molar-refractivity contribution in [3.8, 4) is 0 Å². The van der Waals surface area contributed by atoms with Crippen LogP contribution in [-0.4, -0.2) is 89.1 Å². The Morgan fingerprint density at radius 1 is 1.00 bits per heavy atom. The fourth-order valence-corrected chi connectivity index (χ4v) is 6.50. The number of H-pyrrole nitrogens is 1. The quantitative estimate of drug-likeness (QED) is 0.143. The number of hydrogen-bond donors (Lipinski definition) is 7. The molecule has 2 aliphatic heterocycles. The minimum Gasteiger partial charge on any atom is -0.391 e. The number of nitrogens with two attached hydrogens (primary N) is 3. The van der Waals surface area contributed by atoms with Gasteiger partial charge in [-0.1, -0.05) is 0 Å². The molecule has 4 aromatic rings. The first-order valence-corrected chi connectivity index (χ1v) is 15.2. The van der Waals surface area contributed by atoms with E-state index in [9.17, 15) is 13.5 Å². The first-order chi connectivity index (χ1) is 20.2. The lowest BCUT2D eigenvalue weighted by atomic mass is 10.0. The Labute approximate surface area is 242 Å². The standard InChI is InChI=1S/C26H34N12O3S/c27-11-22-23(39)7-8-38(22)26-33-24(32-25(34-26)37-13-16(28)9-17(29)14-37)31-18-3-5-20(6-4-18)42(40,41)36-19-2-1-15-12-30-35-21(15)10-19/h1-6,10,12,16-17,22-23,36,39H,7-9,11,13-14,27-29H2,(H,30,35)(H,31,32,33,34)/t16-,17+,22-,23-/m1/s1. The number of aromatic amines is 1. The monoisotopic (exact) mass is 594 g/mol. The average molecular weight is 595 g/mol. The van der Waals surface area contributed by atoms with E-state index < -0.39 is 16.1 Å². The molecule has 16 heteroatoms. The predicted molar refractivity (Wildman–Crippen MR) is 160 cm³/mol. The van der Waals surface area contributed by atoms with Gasteiger partial charge in [-0.05, 0) is 55.3 Å². The van der Waals surface area contributed by atoms with Crippen LogP contribution in [0.1, 0.15) is 12.8 Å². The molecule has 6 rings (SSSR count). The third-order valence-corrected chi connectivity index (χ3v) is 8.93. The van der Waals surface area contributed by atoms with Crippen molar-refractivity contribution < 1.29 is 13.5 Å². The highest BCUT2D eigenvalue weighted by molar-refractivity contribution is 7.92. The summed E-state index contributed by atoms with van der Waals surface area (Å²) in [4.78, 5) is 17.9. The Bertz CT molecular complexity index is 1650. The minimum absolute atomic E-state index is 0.0860. The molecular formula is C26H34N12O3S. The van der Waals surface area contributed by atoms with Crippen molar-refractivity contribution in [3.05, 3.63) is 48.7 Å². The Hall–Kier alpha value is -4.09. The van der Waals surface area contributed by atoms with Crippen LogP contribution in [0.4, 0.5) is 29.2 Å². The van der Waals surface area contributed by atoms with Gasteiger partial charge in [0.1, 0.15) is 0 Å². The van der Waals surface area contributed by atoms with Gasteiger partial charge in [-0.2, -0.15) is 20.1 Å². The van der Waals surface area contributed by atoms with E-state index in [1.54, 1.807) is 36.5 Å². The summed E-state index contributed by atoms with van der Waals surface area (Å²) in [5.41, 5.74) is 20.1. The molecule has 0 spiro atoms. The second-order valence-corrected chi connectivity index (χ2v) is 12.4. The number of nitrogens with one attached hydrogen (secondary N) is 3. The van der Waals surface area contributed by atoms with Gasteiger partial charge in [-0.15, -0.1) is 0 Å². The first-order valence-electron chi connectivity index (χ1n) is 13.7. The summed E-state index contributed by atoms with van der Waals surface area (Å²) in [5.74, 6) is 1.03. The number of rotatable bonds is 8. The number of aliphatic hydroxyl groups is 1. The molecule has 0 bridgehead atoms. The molecule has 0 radical (unpaired) electrons. The van der Waals surface area contributed by atoms with Crippen LogP contribution in [0.5, 0.6) is 0 Å². The lowest BCUT2D eigenvalue weighted by molar-refractivity contribution is 0.166. The summed E-state index contributed by atoms with van der Waals surface area (Å²) < 4.78 is 28.7. The highest BCUT2D eigenvalue weighted by Crippen LogP contribution is 2.28. The normalized spacial score (nSPS) is 23.0. The number of fused-ring (bicyclic) bond motifs is 1. The summed E-state index contributed by atoms with van der Waals surface area (Å²) in [6.07, 6.45) is 2.33. The topological polar surface area (TPSA) is 230 Å². The molecule has 4 heterocycles. The second kappa shape index (κ2) is 11.3. The van der Waals surface area contributed by atoms with Crippen LogP contribution in [0.3, 0.4) is 0 Å². The maximum absolute atomic E-state index is 13.0. The van der Waals surface area contributed by atoms with Gasteiger partial charge in [-0.25, -0.2) is 8.42 Å². The van der Waals surface area contributed by atoms with E-state index in [-0.39, 0.29) is 35.5 Å². The molecule has 222 valence electrons. The van der Waals surface area contributed by atoms with Crippen LogP contribution in [0.25, 0.3) is 10.9 Å². The molecular weight excluding hydrogens is 560 g/mol. The number of nitrogens with zero attached hydrogens (tertiary/aromatic N) is 6.